The van der Waals surface area contributed by atoms with E-state index in [0.717, 1.165) is 36.9 Å². The van der Waals surface area contributed by atoms with E-state index >= 15 is 0 Å². The number of benzene rings is 1. The van der Waals surface area contributed by atoms with Crippen molar-refractivity contribution in [3.8, 4) is 0 Å². The molecule has 0 aromatic heterocycles. The first-order valence-electron chi connectivity index (χ1n) is 6.71. The smallest absolute Gasteiger partial charge is 0.302 e. The van der Waals surface area contributed by atoms with Gasteiger partial charge in [0, 0.05) is 18.6 Å². The summed E-state index contributed by atoms with van der Waals surface area (Å²) in [4.78, 5) is 0. The summed E-state index contributed by atoms with van der Waals surface area (Å²) in [6.07, 6.45) is 3.77. The average molecular weight is 281 g/mol. The largest absolute Gasteiger partial charge is 0.326 e. The Kier molecular flexibility index (Phi) is 3.24. The lowest BCUT2D eigenvalue weighted by Gasteiger charge is -2.24. The van der Waals surface area contributed by atoms with Gasteiger partial charge in [-0.05, 0) is 43.4 Å². The highest BCUT2D eigenvalue weighted by Gasteiger charge is 2.39. The van der Waals surface area contributed by atoms with Crippen LogP contribution in [0.25, 0.3) is 0 Å². The number of nitrogens with two attached hydrogens (primary N) is 1. The molecule has 2 fully saturated rings. The number of anilines is 1. The standard InChI is InChI=1S/C13H19N3O2S/c14-9-10-1-5-12(6-2-10)16(13-7-8-13)19(17,18)15-11-3-4-11/h1-2,5-6,11,13,15H,3-4,7-9,14H2. The van der Waals surface area contributed by atoms with Gasteiger partial charge in [-0.1, -0.05) is 12.1 Å². The van der Waals surface area contributed by atoms with E-state index in [0.29, 0.717) is 6.54 Å². The van der Waals surface area contributed by atoms with Crippen molar-refractivity contribution < 1.29 is 8.42 Å². The molecule has 2 aliphatic rings. The van der Waals surface area contributed by atoms with E-state index in [1.807, 2.05) is 24.3 Å². The van der Waals surface area contributed by atoms with Crippen LogP contribution in [0.3, 0.4) is 0 Å². The van der Waals surface area contributed by atoms with Gasteiger partial charge in [0.25, 0.3) is 0 Å². The summed E-state index contributed by atoms with van der Waals surface area (Å²) in [5.74, 6) is 0. The topological polar surface area (TPSA) is 75.4 Å². The number of nitrogens with one attached hydrogen (secondary N) is 1. The second kappa shape index (κ2) is 4.77. The number of nitrogens with zero attached hydrogens (tertiary/aromatic N) is 1. The van der Waals surface area contributed by atoms with Gasteiger partial charge in [0.1, 0.15) is 0 Å². The van der Waals surface area contributed by atoms with Gasteiger partial charge in [-0.25, -0.2) is 0 Å². The summed E-state index contributed by atoms with van der Waals surface area (Å²) in [5.41, 5.74) is 7.30. The van der Waals surface area contributed by atoms with E-state index in [1.54, 1.807) is 0 Å². The minimum atomic E-state index is -3.42. The summed E-state index contributed by atoms with van der Waals surface area (Å²) in [7, 11) is -3.42. The van der Waals surface area contributed by atoms with Gasteiger partial charge >= 0.3 is 10.2 Å². The van der Waals surface area contributed by atoms with Crippen LogP contribution in [0.2, 0.25) is 0 Å². The molecule has 6 heteroatoms. The molecule has 2 aliphatic carbocycles. The number of rotatable bonds is 6. The van der Waals surface area contributed by atoms with Gasteiger partial charge in [-0.3, -0.25) is 4.31 Å². The number of hydrogen-bond donors (Lipinski definition) is 2. The predicted molar refractivity (Wildman–Crippen MR) is 74.9 cm³/mol. The van der Waals surface area contributed by atoms with E-state index < -0.39 is 10.2 Å². The monoisotopic (exact) mass is 281 g/mol. The van der Waals surface area contributed by atoms with Crippen LogP contribution >= 0.6 is 0 Å². The molecule has 0 bridgehead atoms. The average Bonchev–Trinajstić information content (AvgIpc) is 3.25. The fraction of sp³-hybridized carbons (Fsp3) is 0.538. The Balaban J connectivity index is 1.86. The molecule has 0 radical (unpaired) electrons. The van der Waals surface area contributed by atoms with Crippen molar-refractivity contribution in [1.29, 1.82) is 0 Å². The Bertz CT molecular complexity index is 548. The SMILES string of the molecule is NCc1ccc(N(C2CC2)S(=O)(=O)NC2CC2)cc1. The molecule has 0 unspecified atom stereocenters. The second-order valence-corrected chi connectivity index (χ2v) is 6.87. The zero-order valence-corrected chi connectivity index (χ0v) is 11.6. The van der Waals surface area contributed by atoms with Crippen molar-refractivity contribution in [2.45, 2.75) is 44.3 Å². The van der Waals surface area contributed by atoms with Gasteiger partial charge in [0.15, 0.2) is 0 Å². The molecule has 0 saturated heterocycles. The van der Waals surface area contributed by atoms with Crippen LogP contribution in [0, 0.1) is 0 Å². The fourth-order valence-corrected chi connectivity index (χ4v) is 3.88. The van der Waals surface area contributed by atoms with E-state index in [4.69, 9.17) is 5.73 Å². The van der Waals surface area contributed by atoms with Crippen LogP contribution < -0.4 is 14.8 Å². The lowest BCUT2D eigenvalue weighted by molar-refractivity contribution is 0.575. The maximum atomic E-state index is 12.4. The third-order valence-electron chi connectivity index (χ3n) is 3.46. The van der Waals surface area contributed by atoms with Crippen LogP contribution in [0.15, 0.2) is 24.3 Å². The quantitative estimate of drug-likeness (QED) is 0.820. The van der Waals surface area contributed by atoms with Gasteiger partial charge in [-0.15, -0.1) is 0 Å². The van der Waals surface area contributed by atoms with Crippen molar-refractivity contribution in [2.75, 3.05) is 4.31 Å². The molecule has 3 rings (SSSR count). The summed E-state index contributed by atoms with van der Waals surface area (Å²) in [5, 5.41) is 0. The maximum Gasteiger partial charge on any atom is 0.302 e. The Morgan fingerprint density at radius 2 is 1.79 bits per heavy atom. The third-order valence-corrected chi connectivity index (χ3v) is 5.11. The minimum Gasteiger partial charge on any atom is -0.326 e. The lowest BCUT2D eigenvalue weighted by atomic mass is 10.2. The molecule has 5 nitrogen and oxygen atoms in total. The highest BCUT2D eigenvalue weighted by atomic mass is 32.2. The van der Waals surface area contributed by atoms with Gasteiger partial charge in [-0.2, -0.15) is 13.1 Å². The summed E-state index contributed by atoms with van der Waals surface area (Å²) >= 11 is 0. The highest BCUT2D eigenvalue weighted by Crippen LogP contribution is 2.34. The molecule has 0 spiro atoms. The van der Waals surface area contributed by atoms with Crippen molar-refractivity contribution in [2.24, 2.45) is 5.73 Å². The third kappa shape index (κ3) is 2.91. The summed E-state index contributed by atoms with van der Waals surface area (Å²) in [6, 6.07) is 7.70. The van der Waals surface area contributed by atoms with Crippen LogP contribution in [0.4, 0.5) is 5.69 Å². The van der Waals surface area contributed by atoms with Crippen LogP contribution in [-0.4, -0.2) is 20.5 Å². The first-order valence-corrected chi connectivity index (χ1v) is 8.15. The van der Waals surface area contributed by atoms with Gasteiger partial charge in [0.05, 0.1) is 5.69 Å². The maximum absolute atomic E-state index is 12.4. The van der Waals surface area contributed by atoms with E-state index in [1.165, 1.54) is 4.31 Å². The minimum absolute atomic E-state index is 0.111. The Hall–Kier alpha value is -1.11. The van der Waals surface area contributed by atoms with Crippen molar-refractivity contribution >= 4 is 15.9 Å². The van der Waals surface area contributed by atoms with Gasteiger partial charge in [0.2, 0.25) is 0 Å². The molecule has 19 heavy (non-hydrogen) atoms. The molecular formula is C13H19N3O2S. The van der Waals surface area contributed by atoms with E-state index in [2.05, 4.69) is 4.72 Å². The van der Waals surface area contributed by atoms with Crippen molar-refractivity contribution in [3.63, 3.8) is 0 Å². The molecule has 1 aromatic carbocycles. The fourth-order valence-electron chi connectivity index (χ4n) is 2.10. The zero-order chi connectivity index (χ0) is 13.5. The van der Waals surface area contributed by atoms with Crippen LogP contribution in [-0.2, 0) is 16.8 Å². The Labute approximate surface area is 114 Å². The molecule has 1 aromatic rings. The molecule has 104 valence electrons. The molecule has 2 saturated carbocycles. The van der Waals surface area contributed by atoms with Gasteiger partial charge < -0.3 is 5.73 Å². The van der Waals surface area contributed by atoms with Crippen molar-refractivity contribution in [1.82, 2.24) is 4.72 Å². The first-order chi connectivity index (χ1) is 9.10. The van der Waals surface area contributed by atoms with E-state index in [9.17, 15) is 8.42 Å². The Morgan fingerprint density at radius 3 is 2.26 bits per heavy atom. The lowest BCUT2D eigenvalue weighted by Crippen LogP contribution is -2.43. The van der Waals surface area contributed by atoms with E-state index in [-0.39, 0.29) is 12.1 Å². The van der Waals surface area contributed by atoms with Crippen LogP contribution in [0.5, 0.6) is 0 Å². The van der Waals surface area contributed by atoms with Crippen molar-refractivity contribution in [3.05, 3.63) is 29.8 Å². The molecule has 0 heterocycles. The van der Waals surface area contributed by atoms with Crippen LogP contribution in [0.1, 0.15) is 31.2 Å². The molecule has 0 aliphatic heterocycles. The first kappa shape index (κ1) is 12.9. The Morgan fingerprint density at radius 1 is 1.16 bits per heavy atom. The second-order valence-electron chi connectivity index (χ2n) is 5.29. The molecule has 0 atom stereocenters. The zero-order valence-electron chi connectivity index (χ0n) is 10.7. The molecule has 3 N–H and O–H groups in total. The highest BCUT2D eigenvalue weighted by molar-refractivity contribution is 7.91. The molecular weight excluding hydrogens is 262 g/mol. The molecule has 0 amide bonds. The summed E-state index contributed by atoms with van der Waals surface area (Å²) < 4.78 is 29.1. The predicted octanol–water partition coefficient (Wildman–Crippen LogP) is 1.11. The number of hydrogen-bond acceptors (Lipinski definition) is 3. The summed E-state index contributed by atoms with van der Waals surface area (Å²) in [6.45, 7) is 0.469. The normalized spacial score (nSPS) is 19.4.